The number of nitrogens with zero attached hydrogens (tertiary/aromatic N) is 1. The van der Waals surface area contributed by atoms with Gasteiger partial charge in [-0.2, -0.15) is 0 Å². The van der Waals surface area contributed by atoms with Crippen molar-refractivity contribution in [2.75, 3.05) is 7.11 Å². The summed E-state index contributed by atoms with van der Waals surface area (Å²) >= 11 is 2.99. The average molecular weight is 191 g/mol. The number of rotatable bonds is 1. The molecular formula is C6H6BrNO. The highest BCUT2D eigenvalue weighted by atomic mass is 79.9. The number of halogens is 1. The lowest BCUT2D eigenvalue weighted by Crippen LogP contribution is -1.85. The van der Waals surface area contributed by atoms with Gasteiger partial charge >= 0.3 is 0 Å². The fourth-order valence-corrected chi connectivity index (χ4v) is 0.638. The lowest BCUT2D eigenvalue weighted by atomic mass is 10.5. The SMILES string of the molecule is [2H]c1c(Br)nc(OC)c([2H])c1[2H]. The van der Waals surface area contributed by atoms with Gasteiger partial charge in [-0.15, -0.1) is 0 Å². The molecule has 0 bridgehead atoms. The zero-order valence-corrected chi connectivity index (χ0v) is 6.32. The smallest absolute Gasteiger partial charge is 0.213 e. The van der Waals surface area contributed by atoms with Gasteiger partial charge < -0.3 is 4.74 Å². The molecule has 0 fully saturated rings. The molecular weight excluding hydrogens is 182 g/mol. The number of hydrogen-bond acceptors (Lipinski definition) is 2. The van der Waals surface area contributed by atoms with Crippen LogP contribution in [0.3, 0.4) is 0 Å². The van der Waals surface area contributed by atoms with Crippen LogP contribution in [0, 0.1) is 0 Å². The molecule has 0 atom stereocenters. The maximum atomic E-state index is 7.32. The molecule has 0 N–H and O–H groups in total. The molecule has 0 aliphatic rings. The fourth-order valence-electron chi connectivity index (χ4n) is 0.378. The van der Waals surface area contributed by atoms with E-state index in [4.69, 9.17) is 8.85 Å². The molecule has 9 heavy (non-hydrogen) atoms. The quantitative estimate of drug-likeness (QED) is 0.632. The van der Waals surface area contributed by atoms with Crippen LogP contribution in [0.15, 0.2) is 22.7 Å². The minimum absolute atomic E-state index is 0.0582. The van der Waals surface area contributed by atoms with Crippen LogP contribution in [0.4, 0.5) is 0 Å². The van der Waals surface area contributed by atoms with Crippen LogP contribution in [0.1, 0.15) is 4.11 Å². The van der Waals surface area contributed by atoms with Crippen molar-refractivity contribution in [1.82, 2.24) is 4.98 Å². The summed E-state index contributed by atoms with van der Waals surface area (Å²) in [6.45, 7) is 0. The van der Waals surface area contributed by atoms with Gasteiger partial charge in [0.2, 0.25) is 5.88 Å². The van der Waals surface area contributed by atoms with Gasteiger partial charge in [-0.25, -0.2) is 4.98 Å². The Morgan fingerprint density at radius 3 is 3.22 bits per heavy atom. The zero-order valence-electron chi connectivity index (χ0n) is 7.73. The summed E-state index contributed by atoms with van der Waals surface area (Å²) in [7, 11) is 1.37. The molecule has 48 valence electrons. The van der Waals surface area contributed by atoms with Gasteiger partial charge in [-0.3, -0.25) is 0 Å². The zero-order chi connectivity index (χ0) is 9.30. The third kappa shape index (κ3) is 1.68. The van der Waals surface area contributed by atoms with Crippen molar-refractivity contribution in [2.45, 2.75) is 0 Å². The molecule has 0 aromatic carbocycles. The van der Waals surface area contributed by atoms with Crippen molar-refractivity contribution < 1.29 is 8.85 Å². The van der Waals surface area contributed by atoms with Crippen LogP contribution in [0.25, 0.3) is 0 Å². The predicted molar refractivity (Wildman–Crippen MR) is 38.5 cm³/mol. The molecule has 1 aromatic rings. The van der Waals surface area contributed by atoms with Gasteiger partial charge in [0.15, 0.2) is 0 Å². The predicted octanol–water partition coefficient (Wildman–Crippen LogP) is 1.85. The summed E-state index contributed by atoms with van der Waals surface area (Å²) in [6.07, 6.45) is 0. The summed E-state index contributed by atoms with van der Waals surface area (Å²) in [5.41, 5.74) is 0. The van der Waals surface area contributed by atoms with Gasteiger partial charge in [-0.05, 0) is 22.0 Å². The number of aromatic nitrogens is 1. The fraction of sp³-hybridized carbons (Fsp3) is 0.167. The molecule has 2 nitrogen and oxygen atoms in total. The largest absolute Gasteiger partial charge is 0.481 e. The van der Waals surface area contributed by atoms with Crippen molar-refractivity contribution in [3.63, 3.8) is 0 Å². The van der Waals surface area contributed by atoms with E-state index in [1.165, 1.54) is 7.11 Å². The second kappa shape index (κ2) is 2.82. The van der Waals surface area contributed by atoms with Crippen molar-refractivity contribution in [1.29, 1.82) is 0 Å². The van der Waals surface area contributed by atoms with Crippen LogP contribution in [0.2, 0.25) is 0 Å². The first-order valence-corrected chi connectivity index (χ1v) is 3.04. The topological polar surface area (TPSA) is 22.1 Å². The van der Waals surface area contributed by atoms with Gasteiger partial charge in [0.05, 0.1) is 11.2 Å². The highest BCUT2D eigenvalue weighted by Crippen LogP contribution is 2.10. The molecule has 1 heterocycles. The number of methoxy groups -OCH3 is 1. The van der Waals surface area contributed by atoms with E-state index in [2.05, 4.69) is 20.9 Å². The van der Waals surface area contributed by atoms with E-state index in [1.807, 2.05) is 0 Å². The van der Waals surface area contributed by atoms with Crippen molar-refractivity contribution >= 4 is 15.9 Å². The van der Waals surface area contributed by atoms with Gasteiger partial charge in [-0.1, -0.05) is 6.04 Å². The van der Waals surface area contributed by atoms with E-state index in [1.54, 1.807) is 0 Å². The second-order valence-corrected chi connectivity index (χ2v) is 2.04. The van der Waals surface area contributed by atoms with Gasteiger partial charge in [0.25, 0.3) is 0 Å². The summed E-state index contributed by atoms with van der Waals surface area (Å²) in [5.74, 6) is 0.0582. The molecule has 0 unspecified atom stereocenters. The molecule has 0 saturated heterocycles. The van der Waals surface area contributed by atoms with Crippen LogP contribution in [0.5, 0.6) is 5.88 Å². The molecule has 0 radical (unpaired) electrons. The number of ether oxygens (including phenoxy) is 1. The first-order valence-electron chi connectivity index (χ1n) is 3.75. The first-order chi connectivity index (χ1) is 5.57. The standard InChI is InChI=1S/C6H6BrNO/c1-9-6-4-2-3-5(7)8-6/h2-4H,1H3/i2D,3D,4D. The Morgan fingerprint density at radius 2 is 2.56 bits per heavy atom. The van der Waals surface area contributed by atoms with Crippen LogP contribution < -0.4 is 4.74 Å². The van der Waals surface area contributed by atoms with E-state index in [0.717, 1.165) is 0 Å². The Kier molecular flexibility index (Phi) is 1.12. The Balaban J connectivity index is 3.39. The average Bonchev–Trinajstić information content (AvgIpc) is 2.08. The van der Waals surface area contributed by atoms with Crippen molar-refractivity contribution in [3.8, 4) is 5.88 Å². The molecule has 1 aromatic heterocycles. The maximum Gasteiger partial charge on any atom is 0.213 e. The van der Waals surface area contributed by atoms with Gasteiger partial charge in [0, 0.05) is 6.04 Å². The van der Waals surface area contributed by atoms with E-state index in [9.17, 15) is 0 Å². The van der Waals surface area contributed by atoms with E-state index >= 15 is 0 Å². The second-order valence-electron chi connectivity index (χ2n) is 1.29. The lowest BCUT2D eigenvalue weighted by molar-refractivity contribution is 0.397. The van der Waals surface area contributed by atoms with Gasteiger partial charge in [0.1, 0.15) is 4.60 Å². The van der Waals surface area contributed by atoms with E-state index in [-0.39, 0.29) is 28.6 Å². The highest BCUT2D eigenvalue weighted by molar-refractivity contribution is 9.10. The molecule has 0 amide bonds. The van der Waals surface area contributed by atoms with Crippen molar-refractivity contribution in [3.05, 3.63) is 22.7 Å². The van der Waals surface area contributed by atoms with Crippen molar-refractivity contribution in [2.24, 2.45) is 0 Å². The Bertz CT molecular complexity index is 318. The molecule has 0 spiro atoms. The Hall–Kier alpha value is -0.570. The molecule has 3 heteroatoms. The molecule has 0 aliphatic heterocycles. The normalized spacial score (nSPS) is 13.8. The number of pyridine rings is 1. The monoisotopic (exact) mass is 190 g/mol. The minimum Gasteiger partial charge on any atom is -0.481 e. The van der Waals surface area contributed by atoms with E-state index in [0.29, 0.717) is 0 Å². The number of hydrogen-bond donors (Lipinski definition) is 0. The molecule has 0 saturated carbocycles. The molecule has 0 aliphatic carbocycles. The maximum absolute atomic E-state index is 7.32. The highest BCUT2D eigenvalue weighted by Gasteiger charge is 1.89. The summed E-state index contributed by atoms with van der Waals surface area (Å²) in [5, 5.41) is 0. The summed E-state index contributed by atoms with van der Waals surface area (Å²) in [6, 6.07) is -0.444. The molecule has 1 rings (SSSR count). The Labute approximate surface area is 66.2 Å². The minimum atomic E-state index is -0.186. The first kappa shape index (κ1) is 3.56. The summed E-state index contributed by atoms with van der Waals surface area (Å²) < 4.78 is 26.9. The van der Waals surface area contributed by atoms with Crippen LogP contribution in [-0.2, 0) is 0 Å². The lowest BCUT2D eigenvalue weighted by Gasteiger charge is -1.95. The van der Waals surface area contributed by atoms with E-state index < -0.39 is 0 Å². The van der Waals surface area contributed by atoms with Crippen LogP contribution in [-0.4, -0.2) is 12.1 Å². The third-order valence-electron chi connectivity index (χ3n) is 0.728. The third-order valence-corrected chi connectivity index (χ3v) is 1.10. The summed E-state index contributed by atoms with van der Waals surface area (Å²) in [4.78, 5) is 3.75. The van der Waals surface area contributed by atoms with Crippen LogP contribution >= 0.6 is 15.9 Å². The Morgan fingerprint density at radius 1 is 1.78 bits per heavy atom.